The van der Waals surface area contributed by atoms with Gasteiger partial charge in [-0.1, -0.05) is 29.8 Å². The van der Waals surface area contributed by atoms with Gasteiger partial charge in [0.1, 0.15) is 0 Å². The molecule has 0 amide bonds. The summed E-state index contributed by atoms with van der Waals surface area (Å²) in [5.74, 6) is 0. The van der Waals surface area contributed by atoms with Crippen LogP contribution >= 0.6 is 0 Å². The lowest BCUT2D eigenvalue weighted by atomic mass is 10.0. The number of hydrogen-bond acceptors (Lipinski definition) is 2. The topological polar surface area (TPSA) is 23.5 Å². The third-order valence-corrected chi connectivity index (χ3v) is 2.22. The highest BCUT2D eigenvalue weighted by Gasteiger charge is 2.11. The van der Waals surface area contributed by atoms with E-state index in [1.54, 1.807) is 0 Å². The highest BCUT2D eigenvalue weighted by molar-refractivity contribution is 5.25. The van der Waals surface area contributed by atoms with Gasteiger partial charge in [0, 0.05) is 0 Å². The molecule has 0 fully saturated rings. The van der Waals surface area contributed by atoms with E-state index >= 15 is 0 Å². The second kappa shape index (κ2) is 4.40. The molecule has 1 aromatic rings. The molecule has 2 heteroatoms. The summed E-state index contributed by atoms with van der Waals surface area (Å²) in [4.78, 5) is 2.02. The Kier molecular flexibility index (Phi) is 3.46. The number of benzene rings is 1. The van der Waals surface area contributed by atoms with E-state index < -0.39 is 0 Å². The van der Waals surface area contributed by atoms with Crippen molar-refractivity contribution in [3.8, 4) is 0 Å². The minimum atomic E-state index is 0.111. The largest absolute Gasteiger partial charge is 0.394 e. The molecule has 0 saturated heterocycles. The first kappa shape index (κ1) is 10.2. The van der Waals surface area contributed by atoms with Crippen LogP contribution in [0.1, 0.15) is 17.2 Å². The Morgan fingerprint density at radius 2 is 2.08 bits per heavy atom. The first-order chi connectivity index (χ1) is 6.15. The fourth-order valence-corrected chi connectivity index (χ4v) is 1.44. The molecular weight excluding hydrogens is 162 g/mol. The molecule has 1 N–H and O–H groups in total. The highest BCUT2D eigenvalue weighted by atomic mass is 16.3. The van der Waals surface area contributed by atoms with E-state index in [-0.39, 0.29) is 12.6 Å². The van der Waals surface area contributed by atoms with Crippen LogP contribution in [0.4, 0.5) is 0 Å². The Morgan fingerprint density at radius 3 is 2.54 bits per heavy atom. The molecule has 0 aliphatic rings. The number of aliphatic hydroxyl groups excluding tert-OH is 1. The molecule has 0 unspecified atom stereocenters. The van der Waals surface area contributed by atoms with Gasteiger partial charge in [-0.2, -0.15) is 0 Å². The predicted molar refractivity (Wildman–Crippen MR) is 54.7 cm³/mol. The van der Waals surface area contributed by atoms with Crippen molar-refractivity contribution in [2.75, 3.05) is 20.7 Å². The van der Waals surface area contributed by atoms with Gasteiger partial charge in [0.2, 0.25) is 0 Å². The van der Waals surface area contributed by atoms with Crippen molar-refractivity contribution in [3.05, 3.63) is 35.4 Å². The quantitative estimate of drug-likeness (QED) is 0.761. The minimum Gasteiger partial charge on any atom is -0.394 e. The fraction of sp³-hybridized carbons (Fsp3) is 0.455. The number of likely N-dealkylation sites (N-methyl/N-ethyl adjacent to an activating group) is 1. The summed E-state index contributed by atoms with van der Waals surface area (Å²) in [5, 5.41) is 9.20. The van der Waals surface area contributed by atoms with Gasteiger partial charge in [-0.05, 0) is 26.6 Å². The maximum absolute atomic E-state index is 9.20. The predicted octanol–water partition coefficient (Wildman–Crippen LogP) is 1.59. The molecule has 0 aliphatic heterocycles. The summed E-state index contributed by atoms with van der Waals surface area (Å²) < 4.78 is 0. The zero-order valence-corrected chi connectivity index (χ0v) is 8.49. The maximum Gasteiger partial charge on any atom is 0.0628 e. The van der Waals surface area contributed by atoms with Gasteiger partial charge >= 0.3 is 0 Å². The van der Waals surface area contributed by atoms with Gasteiger partial charge in [0.25, 0.3) is 0 Å². The van der Waals surface area contributed by atoms with E-state index in [1.165, 1.54) is 11.1 Å². The summed E-state index contributed by atoms with van der Waals surface area (Å²) in [5.41, 5.74) is 2.41. The van der Waals surface area contributed by atoms with Crippen LogP contribution in [0.5, 0.6) is 0 Å². The van der Waals surface area contributed by atoms with Crippen LogP contribution in [0, 0.1) is 6.92 Å². The normalized spacial score (nSPS) is 13.3. The average Bonchev–Trinajstić information content (AvgIpc) is 2.04. The smallest absolute Gasteiger partial charge is 0.0628 e. The standard InChI is InChI=1S/C11H17NO/c1-9-5-4-6-10(7-9)11(8-13)12(2)3/h4-7,11,13H,8H2,1-3H3/t11-/m0/s1. The second-order valence-corrected chi connectivity index (χ2v) is 3.58. The van der Waals surface area contributed by atoms with E-state index in [1.807, 2.05) is 31.1 Å². The molecule has 0 heterocycles. The van der Waals surface area contributed by atoms with Crippen molar-refractivity contribution in [3.63, 3.8) is 0 Å². The van der Waals surface area contributed by atoms with Crippen molar-refractivity contribution in [1.82, 2.24) is 4.90 Å². The number of aliphatic hydroxyl groups is 1. The molecule has 0 spiro atoms. The van der Waals surface area contributed by atoms with E-state index in [2.05, 4.69) is 19.1 Å². The molecule has 2 nitrogen and oxygen atoms in total. The van der Waals surface area contributed by atoms with Crippen LogP contribution in [0.15, 0.2) is 24.3 Å². The zero-order valence-electron chi connectivity index (χ0n) is 8.49. The third-order valence-electron chi connectivity index (χ3n) is 2.22. The average molecular weight is 179 g/mol. The number of aryl methyl sites for hydroxylation is 1. The van der Waals surface area contributed by atoms with Gasteiger partial charge in [-0.3, -0.25) is 0 Å². The molecule has 0 aromatic heterocycles. The fourth-order valence-electron chi connectivity index (χ4n) is 1.44. The summed E-state index contributed by atoms with van der Waals surface area (Å²) >= 11 is 0. The van der Waals surface area contributed by atoms with Crippen molar-refractivity contribution < 1.29 is 5.11 Å². The number of rotatable bonds is 3. The molecule has 0 aliphatic carbocycles. The van der Waals surface area contributed by atoms with Crippen LogP contribution in [-0.2, 0) is 0 Å². The summed E-state index contributed by atoms with van der Waals surface area (Å²) in [7, 11) is 3.95. The highest BCUT2D eigenvalue weighted by Crippen LogP contribution is 2.17. The molecule has 72 valence electrons. The second-order valence-electron chi connectivity index (χ2n) is 3.58. The van der Waals surface area contributed by atoms with Crippen LogP contribution in [0.25, 0.3) is 0 Å². The monoisotopic (exact) mass is 179 g/mol. The van der Waals surface area contributed by atoms with Gasteiger partial charge in [0.05, 0.1) is 12.6 Å². The molecule has 13 heavy (non-hydrogen) atoms. The zero-order chi connectivity index (χ0) is 9.84. The van der Waals surface area contributed by atoms with Crippen LogP contribution in [0.3, 0.4) is 0 Å². The van der Waals surface area contributed by atoms with Gasteiger partial charge in [-0.15, -0.1) is 0 Å². The first-order valence-corrected chi connectivity index (χ1v) is 4.49. The van der Waals surface area contributed by atoms with Crippen molar-refractivity contribution in [1.29, 1.82) is 0 Å². The maximum atomic E-state index is 9.20. The summed E-state index contributed by atoms with van der Waals surface area (Å²) in [6.45, 7) is 2.23. The van der Waals surface area contributed by atoms with Crippen molar-refractivity contribution in [2.24, 2.45) is 0 Å². The number of hydrogen-bond donors (Lipinski definition) is 1. The van der Waals surface area contributed by atoms with E-state index in [4.69, 9.17) is 0 Å². The van der Waals surface area contributed by atoms with Crippen LogP contribution in [0.2, 0.25) is 0 Å². The Labute approximate surface area is 79.8 Å². The Balaban J connectivity index is 2.91. The summed E-state index contributed by atoms with van der Waals surface area (Å²) in [6.07, 6.45) is 0. The lowest BCUT2D eigenvalue weighted by Gasteiger charge is -2.22. The third kappa shape index (κ3) is 2.54. The summed E-state index contributed by atoms with van der Waals surface area (Å²) in [6, 6.07) is 8.36. The molecule has 0 radical (unpaired) electrons. The van der Waals surface area contributed by atoms with E-state index in [9.17, 15) is 5.11 Å². The SMILES string of the molecule is Cc1cccc([C@H](CO)N(C)C)c1. The van der Waals surface area contributed by atoms with Crippen molar-refractivity contribution in [2.45, 2.75) is 13.0 Å². The molecule has 1 rings (SSSR count). The lowest BCUT2D eigenvalue weighted by Crippen LogP contribution is -2.23. The van der Waals surface area contributed by atoms with E-state index in [0.29, 0.717) is 0 Å². The Morgan fingerprint density at radius 1 is 1.38 bits per heavy atom. The molecule has 1 atom stereocenters. The molecule has 1 aromatic carbocycles. The Bertz CT molecular complexity index is 271. The lowest BCUT2D eigenvalue weighted by molar-refractivity contribution is 0.171. The van der Waals surface area contributed by atoms with Gasteiger partial charge < -0.3 is 10.0 Å². The molecule has 0 bridgehead atoms. The number of nitrogens with zero attached hydrogens (tertiary/aromatic N) is 1. The van der Waals surface area contributed by atoms with Gasteiger partial charge in [-0.25, -0.2) is 0 Å². The molecular formula is C11H17NO. The van der Waals surface area contributed by atoms with Crippen LogP contribution in [-0.4, -0.2) is 30.7 Å². The first-order valence-electron chi connectivity index (χ1n) is 4.49. The molecule has 0 saturated carbocycles. The van der Waals surface area contributed by atoms with Crippen LogP contribution < -0.4 is 0 Å². The van der Waals surface area contributed by atoms with Crippen molar-refractivity contribution >= 4 is 0 Å². The van der Waals surface area contributed by atoms with E-state index in [0.717, 1.165) is 0 Å². The van der Waals surface area contributed by atoms with Gasteiger partial charge in [0.15, 0.2) is 0 Å². The Hall–Kier alpha value is -0.860. The minimum absolute atomic E-state index is 0.111.